The van der Waals surface area contributed by atoms with Crippen molar-refractivity contribution >= 4 is 17.2 Å². The minimum atomic E-state index is -0.678. The minimum Gasteiger partial charge on any atom is -0.387 e. The van der Waals surface area contributed by atoms with Crippen LogP contribution in [0.4, 0.5) is 0 Å². The van der Waals surface area contributed by atoms with Crippen molar-refractivity contribution in [1.29, 1.82) is 0 Å². The van der Waals surface area contributed by atoms with E-state index in [0.717, 1.165) is 11.1 Å². The van der Waals surface area contributed by atoms with Crippen molar-refractivity contribution in [3.8, 4) is 0 Å². The molecular weight excluding hydrogens is 258 g/mol. The molecule has 1 aromatic heterocycles. The van der Waals surface area contributed by atoms with Gasteiger partial charge in [0.05, 0.1) is 11.0 Å². The summed E-state index contributed by atoms with van der Waals surface area (Å²) in [4.78, 5) is 12.4. The number of carbonyl (C=O) groups excluding carboxylic acids is 1. The predicted octanol–water partition coefficient (Wildman–Crippen LogP) is 2.83. The molecular formula is C15H17NO2S. The first-order valence-corrected chi connectivity index (χ1v) is 7.03. The van der Waals surface area contributed by atoms with Gasteiger partial charge >= 0.3 is 0 Å². The summed E-state index contributed by atoms with van der Waals surface area (Å²) >= 11 is 1.39. The topological polar surface area (TPSA) is 49.3 Å². The molecule has 1 heterocycles. The molecule has 2 rings (SSSR count). The normalized spacial score (nSPS) is 12.2. The molecule has 1 amide bonds. The van der Waals surface area contributed by atoms with E-state index in [1.165, 1.54) is 16.9 Å². The molecule has 1 unspecified atom stereocenters. The first-order valence-electron chi connectivity index (χ1n) is 6.15. The summed E-state index contributed by atoms with van der Waals surface area (Å²) in [6.07, 6.45) is -0.678. The van der Waals surface area contributed by atoms with Crippen LogP contribution in [0.3, 0.4) is 0 Å². The Morgan fingerprint density at radius 2 is 2.11 bits per heavy atom. The van der Waals surface area contributed by atoms with Crippen LogP contribution in [-0.2, 0) is 0 Å². The van der Waals surface area contributed by atoms with Crippen LogP contribution in [-0.4, -0.2) is 17.6 Å². The van der Waals surface area contributed by atoms with Gasteiger partial charge in [0.15, 0.2) is 0 Å². The van der Waals surface area contributed by atoms with Crippen molar-refractivity contribution in [2.75, 3.05) is 6.54 Å². The van der Waals surface area contributed by atoms with Crippen LogP contribution in [0.1, 0.15) is 32.5 Å². The smallest absolute Gasteiger partial charge is 0.261 e. The van der Waals surface area contributed by atoms with Gasteiger partial charge in [0, 0.05) is 6.54 Å². The van der Waals surface area contributed by atoms with Gasteiger partial charge in [-0.15, -0.1) is 11.3 Å². The maximum atomic E-state index is 11.8. The molecule has 0 aliphatic carbocycles. The Balaban J connectivity index is 1.95. The van der Waals surface area contributed by atoms with Crippen LogP contribution in [0.25, 0.3) is 0 Å². The second kappa shape index (κ2) is 5.99. The maximum absolute atomic E-state index is 11.8. The lowest BCUT2D eigenvalue weighted by atomic mass is 10.0. The van der Waals surface area contributed by atoms with Gasteiger partial charge < -0.3 is 10.4 Å². The molecule has 3 nitrogen and oxygen atoms in total. The highest BCUT2D eigenvalue weighted by Gasteiger charge is 2.11. The van der Waals surface area contributed by atoms with E-state index in [-0.39, 0.29) is 12.5 Å². The standard InChI is InChI=1S/C15H17NO2S/c1-10-5-6-12(8-11(10)2)13(17)9-16-15(18)14-4-3-7-19-14/h3-8,13,17H,9H2,1-2H3,(H,16,18). The Kier molecular flexibility index (Phi) is 4.35. The molecule has 1 atom stereocenters. The van der Waals surface area contributed by atoms with E-state index in [9.17, 15) is 9.90 Å². The fraction of sp³-hybridized carbons (Fsp3) is 0.267. The Morgan fingerprint density at radius 1 is 1.32 bits per heavy atom. The molecule has 2 N–H and O–H groups in total. The van der Waals surface area contributed by atoms with Crippen LogP contribution in [0.2, 0.25) is 0 Å². The monoisotopic (exact) mass is 275 g/mol. The molecule has 1 aromatic carbocycles. The number of nitrogens with one attached hydrogen (secondary N) is 1. The van der Waals surface area contributed by atoms with Crippen LogP contribution >= 0.6 is 11.3 Å². The average molecular weight is 275 g/mol. The number of aryl methyl sites for hydroxylation is 2. The third-order valence-electron chi connectivity index (χ3n) is 3.12. The number of carbonyl (C=O) groups is 1. The first-order chi connectivity index (χ1) is 9.08. The summed E-state index contributed by atoms with van der Waals surface area (Å²) in [5.41, 5.74) is 3.16. The van der Waals surface area contributed by atoms with E-state index in [4.69, 9.17) is 0 Å². The van der Waals surface area contributed by atoms with Crippen LogP contribution in [0.5, 0.6) is 0 Å². The number of aliphatic hydroxyl groups excluding tert-OH is 1. The van der Waals surface area contributed by atoms with Gasteiger partial charge in [0.25, 0.3) is 5.91 Å². The van der Waals surface area contributed by atoms with Gasteiger partial charge in [-0.1, -0.05) is 24.3 Å². The highest BCUT2D eigenvalue weighted by atomic mass is 32.1. The highest BCUT2D eigenvalue weighted by molar-refractivity contribution is 7.12. The third-order valence-corrected chi connectivity index (χ3v) is 3.99. The number of hydrogen-bond donors (Lipinski definition) is 2. The zero-order valence-corrected chi connectivity index (χ0v) is 11.8. The van der Waals surface area contributed by atoms with Gasteiger partial charge in [0.2, 0.25) is 0 Å². The molecule has 4 heteroatoms. The molecule has 0 aliphatic rings. The molecule has 0 bridgehead atoms. The number of aliphatic hydroxyl groups is 1. The Morgan fingerprint density at radius 3 is 2.74 bits per heavy atom. The molecule has 0 saturated heterocycles. The van der Waals surface area contributed by atoms with Gasteiger partial charge in [-0.3, -0.25) is 4.79 Å². The van der Waals surface area contributed by atoms with Gasteiger partial charge in [0.1, 0.15) is 0 Å². The molecule has 2 aromatic rings. The molecule has 19 heavy (non-hydrogen) atoms. The number of hydrogen-bond acceptors (Lipinski definition) is 3. The van der Waals surface area contributed by atoms with Crippen LogP contribution in [0, 0.1) is 13.8 Å². The Bertz CT molecular complexity index is 564. The summed E-state index contributed by atoms with van der Waals surface area (Å²) in [5, 5.41) is 14.7. The lowest BCUT2D eigenvalue weighted by molar-refractivity contribution is 0.0920. The minimum absolute atomic E-state index is 0.141. The van der Waals surface area contributed by atoms with Crippen molar-refractivity contribution < 1.29 is 9.90 Å². The molecule has 0 saturated carbocycles. The van der Waals surface area contributed by atoms with Crippen LogP contribution in [0.15, 0.2) is 35.7 Å². The SMILES string of the molecule is Cc1ccc(C(O)CNC(=O)c2cccs2)cc1C. The van der Waals surface area contributed by atoms with E-state index >= 15 is 0 Å². The first kappa shape index (κ1) is 13.8. The van der Waals surface area contributed by atoms with Crippen LogP contribution < -0.4 is 5.32 Å². The van der Waals surface area contributed by atoms with Gasteiger partial charge in [-0.2, -0.15) is 0 Å². The number of rotatable bonds is 4. The average Bonchev–Trinajstić information content (AvgIpc) is 2.92. The largest absolute Gasteiger partial charge is 0.387 e. The fourth-order valence-corrected chi connectivity index (χ4v) is 2.41. The summed E-state index contributed by atoms with van der Waals surface area (Å²) < 4.78 is 0. The number of amides is 1. The predicted molar refractivity (Wildman–Crippen MR) is 77.5 cm³/mol. The fourth-order valence-electron chi connectivity index (χ4n) is 1.77. The Hall–Kier alpha value is -1.65. The highest BCUT2D eigenvalue weighted by Crippen LogP contribution is 2.17. The summed E-state index contributed by atoms with van der Waals surface area (Å²) in [7, 11) is 0. The van der Waals surface area contributed by atoms with E-state index in [2.05, 4.69) is 5.32 Å². The second-order valence-electron chi connectivity index (χ2n) is 4.55. The van der Waals surface area contributed by atoms with E-state index in [0.29, 0.717) is 4.88 Å². The molecule has 100 valence electrons. The summed E-state index contributed by atoms with van der Waals surface area (Å²) in [5.74, 6) is -0.141. The number of benzene rings is 1. The molecule has 0 spiro atoms. The van der Waals surface area contributed by atoms with E-state index < -0.39 is 6.10 Å². The van der Waals surface area contributed by atoms with Crippen molar-refractivity contribution in [3.63, 3.8) is 0 Å². The van der Waals surface area contributed by atoms with E-state index in [1.807, 2.05) is 43.5 Å². The van der Waals surface area contributed by atoms with Crippen molar-refractivity contribution in [2.45, 2.75) is 20.0 Å². The van der Waals surface area contributed by atoms with Crippen molar-refractivity contribution in [2.24, 2.45) is 0 Å². The lowest BCUT2D eigenvalue weighted by Gasteiger charge is -2.13. The Labute approximate surface area is 116 Å². The van der Waals surface area contributed by atoms with Crippen molar-refractivity contribution in [1.82, 2.24) is 5.32 Å². The zero-order valence-electron chi connectivity index (χ0n) is 11.0. The molecule has 0 aliphatic heterocycles. The van der Waals surface area contributed by atoms with E-state index in [1.54, 1.807) is 6.07 Å². The summed E-state index contributed by atoms with van der Waals surface area (Å²) in [6.45, 7) is 4.26. The van der Waals surface area contributed by atoms with Crippen molar-refractivity contribution in [3.05, 3.63) is 57.3 Å². The van der Waals surface area contributed by atoms with Gasteiger partial charge in [-0.25, -0.2) is 0 Å². The lowest BCUT2D eigenvalue weighted by Crippen LogP contribution is -2.27. The quantitative estimate of drug-likeness (QED) is 0.901. The third kappa shape index (κ3) is 3.43. The van der Waals surface area contributed by atoms with Gasteiger partial charge in [-0.05, 0) is 42.0 Å². The maximum Gasteiger partial charge on any atom is 0.261 e. The number of thiophene rings is 1. The summed E-state index contributed by atoms with van der Waals surface area (Å²) in [6, 6.07) is 9.43. The second-order valence-corrected chi connectivity index (χ2v) is 5.49. The molecule has 0 fully saturated rings. The molecule has 0 radical (unpaired) electrons. The zero-order chi connectivity index (χ0) is 13.8.